The number of hydrogen-bond acceptors (Lipinski definition) is 9. The standard InChI is InChI=1S/C54H108N4O5/c1-6-10-14-18-20-28-36-50(34-26-16-12-8-3)53(60)62-46-32-24-22-30-39-57(48-52(55-38-45-59)49-58-43-41-56(5)42-44-58)40-31-23-25-33-47-63-54(61)51(35-27-17-13-9-4)37-29-21-19-15-11-7-2/h50-52,55,59H,6-49H2,1-5H3. The van der Waals surface area contributed by atoms with Crippen LogP contribution < -0.4 is 5.32 Å². The van der Waals surface area contributed by atoms with Crippen molar-refractivity contribution in [1.82, 2.24) is 20.0 Å². The van der Waals surface area contributed by atoms with E-state index in [9.17, 15) is 14.7 Å². The van der Waals surface area contributed by atoms with E-state index in [0.717, 1.165) is 155 Å². The molecule has 1 fully saturated rings. The van der Waals surface area contributed by atoms with Gasteiger partial charge in [0.2, 0.25) is 0 Å². The molecule has 3 unspecified atom stereocenters. The monoisotopic (exact) mass is 893 g/mol. The first kappa shape index (κ1) is 59.8. The molecule has 0 radical (unpaired) electrons. The van der Waals surface area contributed by atoms with E-state index in [4.69, 9.17) is 9.47 Å². The first-order valence-electron chi connectivity index (χ1n) is 27.7. The minimum Gasteiger partial charge on any atom is -0.465 e. The Hall–Kier alpha value is -1.26. The Morgan fingerprint density at radius 2 is 0.889 bits per heavy atom. The molecule has 0 aliphatic carbocycles. The van der Waals surface area contributed by atoms with E-state index in [2.05, 4.69) is 54.8 Å². The lowest BCUT2D eigenvalue weighted by molar-refractivity contribution is -0.150. The minimum atomic E-state index is 0.0525. The van der Waals surface area contributed by atoms with Gasteiger partial charge in [0.1, 0.15) is 0 Å². The molecule has 1 aliphatic rings. The molecule has 0 amide bonds. The van der Waals surface area contributed by atoms with Crippen LogP contribution in [0.1, 0.15) is 233 Å². The van der Waals surface area contributed by atoms with Crippen LogP contribution in [0.2, 0.25) is 0 Å². The third-order valence-electron chi connectivity index (χ3n) is 13.6. The minimum absolute atomic E-state index is 0.0525. The third kappa shape index (κ3) is 35.6. The molecule has 0 spiro atoms. The Labute approximate surface area is 391 Å². The van der Waals surface area contributed by atoms with Crippen molar-refractivity contribution in [2.45, 2.75) is 239 Å². The normalized spacial score (nSPS) is 15.2. The van der Waals surface area contributed by atoms with Crippen LogP contribution in [0.4, 0.5) is 0 Å². The number of hydrogen-bond donors (Lipinski definition) is 2. The van der Waals surface area contributed by atoms with Crippen molar-refractivity contribution in [1.29, 1.82) is 0 Å². The number of carbonyl (C=O) groups excluding carboxylic acids is 2. The maximum absolute atomic E-state index is 13.2. The Morgan fingerprint density at radius 1 is 0.524 bits per heavy atom. The lowest BCUT2D eigenvalue weighted by Gasteiger charge is -2.36. The Morgan fingerprint density at radius 3 is 1.30 bits per heavy atom. The van der Waals surface area contributed by atoms with Gasteiger partial charge < -0.3 is 29.7 Å². The highest BCUT2D eigenvalue weighted by Crippen LogP contribution is 2.22. The fraction of sp³-hybridized carbons (Fsp3) is 0.963. The summed E-state index contributed by atoms with van der Waals surface area (Å²) in [6.45, 7) is 19.4. The predicted molar refractivity (Wildman–Crippen MR) is 269 cm³/mol. The Balaban J connectivity index is 2.61. The molecular weight excluding hydrogens is 785 g/mol. The Kier molecular flexibility index (Phi) is 42.3. The van der Waals surface area contributed by atoms with Crippen molar-refractivity contribution in [2.24, 2.45) is 11.8 Å². The summed E-state index contributed by atoms with van der Waals surface area (Å²) in [5.41, 5.74) is 0. The molecule has 0 aromatic carbocycles. The molecule has 0 aromatic rings. The average Bonchev–Trinajstić information content (AvgIpc) is 3.28. The van der Waals surface area contributed by atoms with Crippen molar-refractivity contribution in [3.05, 3.63) is 0 Å². The van der Waals surface area contributed by atoms with E-state index in [-0.39, 0.29) is 30.4 Å². The zero-order chi connectivity index (χ0) is 45.9. The topological polar surface area (TPSA) is 94.6 Å². The largest absolute Gasteiger partial charge is 0.465 e. The van der Waals surface area contributed by atoms with Crippen molar-refractivity contribution in [3.63, 3.8) is 0 Å². The second kappa shape index (κ2) is 44.6. The van der Waals surface area contributed by atoms with Crippen molar-refractivity contribution in [3.8, 4) is 0 Å². The number of aliphatic hydroxyl groups is 1. The molecule has 1 rings (SSSR count). The third-order valence-corrected chi connectivity index (χ3v) is 13.6. The van der Waals surface area contributed by atoms with E-state index in [1.54, 1.807) is 0 Å². The van der Waals surface area contributed by atoms with Crippen LogP contribution in [-0.4, -0.2) is 124 Å². The fourth-order valence-corrected chi connectivity index (χ4v) is 9.30. The number of likely N-dealkylation sites (N-methyl/N-ethyl adjacent to an activating group) is 1. The summed E-state index contributed by atoms with van der Waals surface area (Å²) in [5.74, 6) is 0.257. The van der Waals surface area contributed by atoms with Crippen LogP contribution >= 0.6 is 0 Å². The molecule has 63 heavy (non-hydrogen) atoms. The number of nitrogens with zero attached hydrogens (tertiary/aromatic N) is 3. The number of esters is 2. The number of carbonyl (C=O) groups is 2. The lowest BCUT2D eigenvalue weighted by atomic mass is 9.94. The Bertz CT molecular complexity index is 937. The van der Waals surface area contributed by atoms with Gasteiger partial charge in [-0.15, -0.1) is 0 Å². The van der Waals surface area contributed by atoms with Crippen molar-refractivity contribution >= 4 is 11.9 Å². The van der Waals surface area contributed by atoms with E-state index < -0.39 is 0 Å². The van der Waals surface area contributed by atoms with Gasteiger partial charge in [-0.25, -0.2) is 0 Å². The molecule has 9 nitrogen and oxygen atoms in total. The quantitative estimate of drug-likeness (QED) is 0.0457. The molecule has 0 saturated carbocycles. The number of unbranched alkanes of at least 4 members (excludes halogenated alkanes) is 22. The number of rotatable bonds is 47. The van der Waals surface area contributed by atoms with Crippen molar-refractivity contribution in [2.75, 3.05) is 85.8 Å². The number of aliphatic hydroxyl groups excluding tert-OH is 1. The van der Waals surface area contributed by atoms with Gasteiger partial charge in [-0.1, -0.05) is 182 Å². The first-order chi connectivity index (χ1) is 30.9. The summed E-state index contributed by atoms with van der Waals surface area (Å²) in [5, 5.41) is 13.4. The van der Waals surface area contributed by atoms with Gasteiger partial charge in [-0.2, -0.15) is 0 Å². The van der Waals surface area contributed by atoms with Crippen LogP contribution in [-0.2, 0) is 19.1 Å². The summed E-state index contributed by atoms with van der Waals surface area (Å²) in [6, 6.07) is 0.317. The van der Waals surface area contributed by atoms with E-state index >= 15 is 0 Å². The van der Waals surface area contributed by atoms with Gasteiger partial charge in [-0.3, -0.25) is 14.5 Å². The van der Waals surface area contributed by atoms with Crippen molar-refractivity contribution < 1.29 is 24.2 Å². The summed E-state index contributed by atoms with van der Waals surface area (Å²) >= 11 is 0. The number of piperazine rings is 1. The zero-order valence-corrected chi connectivity index (χ0v) is 42.8. The van der Waals surface area contributed by atoms with Gasteiger partial charge >= 0.3 is 11.9 Å². The first-order valence-corrected chi connectivity index (χ1v) is 27.7. The summed E-state index contributed by atoms with van der Waals surface area (Å²) < 4.78 is 11.8. The van der Waals surface area contributed by atoms with Gasteiger partial charge in [0.05, 0.1) is 31.7 Å². The maximum Gasteiger partial charge on any atom is 0.308 e. The molecule has 2 N–H and O–H groups in total. The molecule has 0 aromatic heterocycles. The number of nitrogens with one attached hydrogen (secondary N) is 1. The van der Waals surface area contributed by atoms with Crippen LogP contribution in [0.25, 0.3) is 0 Å². The highest BCUT2D eigenvalue weighted by atomic mass is 16.5. The zero-order valence-electron chi connectivity index (χ0n) is 42.8. The summed E-state index contributed by atoms with van der Waals surface area (Å²) in [6.07, 6.45) is 37.4. The van der Waals surface area contributed by atoms with Crippen LogP contribution in [0.5, 0.6) is 0 Å². The molecule has 3 atom stereocenters. The molecule has 1 heterocycles. The SMILES string of the molecule is CCCCCCCCC(CCCCCC)C(=O)OCCCCCCN(CCCCCCOC(=O)C(CCCCCC)CCCCCCCC)CC(CN1CCN(C)CC1)NCCO. The second-order valence-electron chi connectivity index (χ2n) is 19.6. The van der Waals surface area contributed by atoms with E-state index in [1.165, 1.54) is 103 Å². The molecule has 0 bridgehead atoms. The summed E-state index contributed by atoms with van der Waals surface area (Å²) in [7, 11) is 2.21. The molecule has 1 aliphatic heterocycles. The van der Waals surface area contributed by atoms with Crippen LogP contribution in [0, 0.1) is 11.8 Å². The molecule has 9 heteroatoms. The fourth-order valence-electron chi connectivity index (χ4n) is 9.30. The van der Waals surface area contributed by atoms with Gasteiger partial charge in [0.25, 0.3) is 0 Å². The molecular formula is C54H108N4O5. The van der Waals surface area contributed by atoms with Gasteiger partial charge in [0.15, 0.2) is 0 Å². The second-order valence-corrected chi connectivity index (χ2v) is 19.6. The molecule has 1 saturated heterocycles. The smallest absolute Gasteiger partial charge is 0.308 e. The highest BCUT2D eigenvalue weighted by molar-refractivity contribution is 5.72. The van der Waals surface area contributed by atoms with Crippen LogP contribution in [0.3, 0.4) is 0 Å². The maximum atomic E-state index is 13.2. The van der Waals surface area contributed by atoms with Gasteiger partial charge in [-0.05, 0) is 71.5 Å². The number of ether oxygens (including phenoxy) is 2. The highest BCUT2D eigenvalue weighted by Gasteiger charge is 2.22. The van der Waals surface area contributed by atoms with E-state index in [0.29, 0.717) is 25.8 Å². The summed E-state index contributed by atoms with van der Waals surface area (Å²) in [4.78, 5) is 34.0. The predicted octanol–water partition coefficient (Wildman–Crippen LogP) is 12.4. The van der Waals surface area contributed by atoms with E-state index in [1.807, 2.05) is 0 Å². The molecule has 374 valence electrons. The van der Waals surface area contributed by atoms with Crippen LogP contribution in [0.15, 0.2) is 0 Å². The lowest BCUT2D eigenvalue weighted by Crippen LogP contribution is -2.53. The average molecular weight is 893 g/mol. The van der Waals surface area contributed by atoms with Gasteiger partial charge in [0, 0.05) is 51.9 Å².